The molecule has 0 aliphatic carbocycles. The van der Waals surface area contributed by atoms with Gasteiger partial charge in [0, 0.05) is 11.8 Å². The molecule has 4 heterocycles. The van der Waals surface area contributed by atoms with Gasteiger partial charge in [0.05, 0.1) is 26.4 Å². The van der Waals surface area contributed by atoms with E-state index in [0.29, 0.717) is 51.6 Å². The Balaban J connectivity index is 1.14. The van der Waals surface area contributed by atoms with E-state index in [2.05, 4.69) is 151 Å². The molecule has 4 fully saturated rings. The van der Waals surface area contributed by atoms with Crippen LogP contribution in [-0.2, 0) is 44.6 Å². The van der Waals surface area contributed by atoms with Crippen LogP contribution >= 0.6 is 0 Å². The van der Waals surface area contributed by atoms with Crippen molar-refractivity contribution in [1.29, 1.82) is 0 Å². The highest BCUT2D eigenvalue weighted by atomic mass is 16.6. The molecule has 9 rings (SSSR count). The van der Waals surface area contributed by atoms with Crippen LogP contribution in [0.1, 0.15) is 102 Å². The SMILES string of the molecule is C=C(C)Cc1cc(C(c2ccc(C(c3ccc(OCC4CO4)c(CC(=C)C)c3)c3ccc(OCC4CO4)c(CC(C)C)c3)cc2)c2ccc(OCC3CO3)c(CC(=C)C)c2)ccc1OCC1CO1. The summed E-state index contributed by atoms with van der Waals surface area (Å²) in [6, 6.07) is 36.0. The molecule has 8 heteroatoms. The average molecular weight is 917 g/mol. The molecule has 4 aliphatic heterocycles. The van der Waals surface area contributed by atoms with Crippen LogP contribution in [0.4, 0.5) is 0 Å². The Labute approximate surface area is 403 Å². The third kappa shape index (κ3) is 12.9. The van der Waals surface area contributed by atoms with Crippen LogP contribution in [0.5, 0.6) is 23.0 Å². The van der Waals surface area contributed by atoms with Crippen LogP contribution in [0, 0.1) is 5.92 Å². The van der Waals surface area contributed by atoms with Gasteiger partial charge >= 0.3 is 0 Å². The van der Waals surface area contributed by atoms with Crippen LogP contribution in [0.3, 0.4) is 0 Å². The minimum atomic E-state index is -0.101. The molecule has 4 aliphatic rings. The first-order valence-corrected chi connectivity index (χ1v) is 24.4. The Hall–Kier alpha value is -5.64. The second kappa shape index (κ2) is 21.3. The number of benzene rings is 5. The Kier molecular flexibility index (Phi) is 14.9. The highest BCUT2D eigenvalue weighted by molar-refractivity contribution is 5.54. The van der Waals surface area contributed by atoms with Crippen molar-refractivity contribution in [3.63, 3.8) is 0 Å². The van der Waals surface area contributed by atoms with E-state index in [0.717, 1.165) is 89.3 Å². The second-order valence-electron chi connectivity index (χ2n) is 20.1. The van der Waals surface area contributed by atoms with E-state index < -0.39 is 0 Å². The highest BCUT2D eigenvalue weighted by Gasteiger charge is 2.29. The summed E-state index contributed by atoms with van der Waals surface area (Å²) in [4.78, 5) is 0. The topological polar surface area (TPSA) is 87.0 Å². The maximum Gasteiger partial charge on any atom is 0.122 e. The van der Waals surface area contributed by atoms with Gasteiger partial charge in [0.2, 0.25) is 0 Å². The van der Waals surface area contributed by atoms with Crippen LogP contribution in [0.15, 0.2) is 134 Å². The molecular weight excluding hydrogens is 849 g/mol. The molecule has 0 bridgehead atoms. The van der Waals surface area contributed by atoms with E-state index in [-0.39, 0.29) is 36.3 Å². The fourth-order valence-electron chi connectivity index (χ4n) is 9.09. The largest absolute Gasteiger partial charge is 0.491 e. The molecule has 0 amide bonds. The lowest BCUT2D eigenvalue weighted by Crippen LogP contribution is -2.11. The molecule has 4 saturated heterocycles. The molecule has 356 valence electrons. The van der Waals surface area contributed by atoms with Crippen molar-refractivity contribution >= 4 is 0 Å². The number of rotatable bonds is 26. The predicted molar refractivity (Wildman–Crippen MR) is 269 cm³/mol. The van der Waals surface area contributed by atoms with E-state index in [1.165, 1.54) is 38.9 Å². The van der Waals surface area contributed by atoms with E-state index in [4.69, 9.17) is 37.9 Å². The van der Waals surface area contributed by atoms with Crippen LogP contribution in [0.2, 0.25) is 0 Å². The lowest BCUT2D eigenvalue weighted by Gasteiger charge is -2.25. The van der Waals surface area contributed by atoms with Crippen molar-refractivity contribution in [1.82, 2.24) is 0 Å². The summed E-state index contributed by atoms with van der Waals surface area (Å²) >= 11 is 0. The fourth-order valence-corrected chi connectivity index (χ4v) is 9.09. The standard InChI is InChI=1S/C60H68O8/c1-37(2)21-47-25-43(13-17-55(47)65-33-51-29-61-51)59(44-14-18-56(66-34-52-30-62-52)48(26-44)22-38(3)4)41-9-11-42(12-10-41)60(45-15-19-57(67-35-53-31-63-53)49(27-45)23-39(5)6)46-16-20-58(68-36-54-32-64-54)50(28-46)24-40(7)8/h9-20,25-28,40,51-54,59-60H,1,3,5,21-24,29-36H2,2,4,6-8H3. The molecule has 5 atom stereocenters. The highest BCUT2D eigenvalue weighted by Crippen LogP contribution is 2.41. The molecule has 0 spiro atoms. The zero-order chi connectivity index (χ0) is 47.3. The van der Waals surface area contributed by atoms with E-state index >= 15 is 0 Å². The lowest BCUT2D eigenvalue weighted by molar-refractivity contribution is 0.260. The first kappa shape index (κ1) is 47.4. The van der Waals surface area contributed by atoms with Crippen molar-refractivity contribution in [3.05, 3.63) is 189 Å². The maximum absolute atomic E-state index is 6.39. The number of hydrogen-bond donors (Lipinski definition) is 0. The minimum Gasteiger partial charge on any atom is -0.491 e. The normalized spacial score (nSPS) is 19.7. The number of allylic oxidation sites excluding steroid dienone is 3. The third-order valence-electron chi connectivity index (χ3n) is 12.7. The van der Waals surface area contributed by atoms with Gasteiger partial charge < -0.3 is 37.9 Å². The molecule has 8 nitrogen and oxygen atoms in total. The molecule has 0 saturated carbocycles. The first-order chi connectivity index (χ1) is 32.9. The van der Waals surface area contributed by atoms with Gasteiger partial charge in [-0.3, -0.25) is 0 Å². The zero-order valence-electron chi connectivity index (χ0n) is 40.7. The van der Waals surface area contributed by atoms with Crippen LogP contribution in [0.25, 0.3) is 0 Å². The van der Waals surface area contributed by atoms with E-state index in [1.807, 2.05) is 0 Å². The minimum absolute atomic E-state index is 0.0815. The van der Waals surface area contributed by atoms with Gasteiger partial charge in [0.25, 0.3) is 0 Å². The maximum atomic E-state index is 6.39. The molecular formula is C60H68O8. The van der Waals surface area contributed by atoms with Crippen molar-refractivity contribution in [2.24, 2.45) is 5.92 Å². The zero-order valence-corrected chi connectivity index (χ0v) is 40.7. The fraction of sp³-hybridized carbons (Fsp3) is 0.400. The van der Waals surface area contributed by atoms with Crippen LogP contribution < -0.4 is 18.9 Å². The Morgan fingerprint density at radius 3 is 0.926 bits per heavy atom. The van der Waals surface area contributed by atoms with Gasteiger partial charge in [0.1, 0.15) is 73.8 Å². The summed E-state index contributed by atoms with van der Waals surface area (Å²) in [5.41, 5.74) is 14.9. The van der Waals surface area contributed by atoms with E-state index in [1.54, 1.807) is 0 Å². The quantitative estimate of drug-likeness (QED) is 0.0308. The number of epoxide rings is 4. The molecule has 5 aromatic carbocycles. The molecule has 0 N–H and O–H groups in total. The first-order valence-electron chi connectivity index (χ1n) is 24.4. The monoisotopic (exact) mass is 916 g/mol. The summed E-state index contributed by atoms with van der Waals surface area (Å²) in [7, 11) is 0. The molecule has 0 aromatic heterocycles. The van der Waals surface area contributed by atoms with Crippen molar-refractivity contribution in [3.8, 4) is 23.0 Å². The van der Waals surface area contributed by atoms with Gasteiger partial charge in [-0.05, 0) is 132 Å². The van der Waals surface area contributed by atoms with Crippen molar-refractivity contribution in [2.45, 2.75) is 96.6 Å². The molecule has 5 unspecified atom stereocenters. The third-order valence-corrected chi connectivity index (χ3v) is 12.7. The van der Waals surface area contributed by atoms with Gasteiger partial charge in [-0.1, -0.05) is 123 Å². The predicted octanol–water partition coefficient (Wildman–Crippen LogP) is 11.7. The Morgan fingerprint density at radius 2 is 0.676 bits per heavy atom. The van der Waals surface area contributed by atoms with Gasteiger partial charge in [-0.2, -0.15) is 0 Å². The Bertz CT molecular complexity index is 2510. The number of ether oxygens (including phenoxy) is 8. The molecule has 5 aromatic rings. The molecule has 0 radical (unpaired) electrons. The molecule has 68 heavy (non-hydrogen) atoms. The summed E-state index contributed by atoms with van der Waals surface area (Å²) in [5.74, 6) is 3.81. The van der Waals surface area contributed by atoms with Gasteiger partial charge in [-0.25, -0.2) is 0 Å². The van der Waals surface area contributed by atoms with Crippen molar-refractivity contribution in [2.75, 3.05) is 52.9 Å². The van der Waals surface area contributed by atoms with Gasteiger partial charge in [-0.15, -0.1) is 0 Å². The summed E-state index contributed by atoms with van der Waals surface area (Å²) in [5, 5.41) is 0. The summed E-state index contributed by atoms with van der Waals surface area (Å²) in [6.45, 7) is 28.8. The van der Waals surface area contributed by atoms with Crippen molar-refractivity contribution < 1.29 is 37.9 Å². The van der Waals surface area contributed by atoms with Crippen LogP contribution in [-0.4, -0.2) is 77.3 Å². The number of hydrogen-bond acceptors (Lipinski definition) is 8. The van der Waals surface area contributed by atoms with E-state index in [9.17, 15) is 0 Å². The second-order valence-corrected chi connectivity index (χ2v) is 20.1. The Morgan fingerprint density at radius 1 is 0.426 bits per heavy atom. The lowest BCUT2D eigenvalue weighted by atomic mass is 9.80. The summed E-state index contributed by atoms with van der Waals surface area (Å²) < 4.78 is 47.5. The van der Waals surface area contributed by atoms with Gasteiger partial charge in [0.15, 0.2) is 0 Å². The smallest absolute Gasteiger partial charge is 0.122 e. The average Bonchev–Trinajstić information content (AvgIpc) is 4.09. The summed E-state index contributed by atoms with van der Waals surface area (Å²) in [6.07, 6.45) is 3.68.